The number of rotatable bonds is 3. The quantitative estimate of drug-likeness (QED) is 0.760. The van der Waals surface area contributed by atoms with Crippen molar-refractivity contribution in [2.24, 2.45) is 0 Å². The zero-order chi connectivity index (χ0) is 14.8. The fraction of sp³-hybridized carbons (Fsp3) is 0.0667. The van der Waals surface area contributed by atoms with E-state index < -0.39 is 0 Å². The molecular formula is C15H11Cl2N3O. The topological polar surface area (TPSA) is 47.0 Å². The Morgan fingerprint density at radius 3 is 2.71 bits per heavy atom. The summed E-state index contributed by atoms with van der Waals surface area (Å²) >= 11 is 12.3. The van der Waals surface area contributed by atoms with Crippen molar-refractivity contribution < 1.29 is 4.74 Å². The van der Waals surface area contributed by atoms with E-state index in [9.17, 15) is 0 Å². The molecule has 0 amide bonds. The van der Waals surface area contributed by atoms with Gasteiger partial charge in [-0.3, -0.25) is 0 Å². The van der Waals surface area contributed by atoms with Crippen LogP contribution in [0.5, 0.6) is 5.75 Å². The van der Waals surface area contributed by atoms with Gasteiger partial charge in [0.2, 0.25) is 0 Å². The Bertz CT molecular complexity index is 808. The van der Waals surface area contributed by atoms with Crippen LogP contribution in [0.25, 0.3) is 10.9 Å². The second kappa shape index (κ2) is 5.76. The molecule has 21 heavy (non-hydrogen) atoms. The molecule has 0 fully saturated rings. The van der Waals surface area contributed by atoms with Crippen LogP contribution in [0.3, 0.4) is 0 Å². The van der Waals surface area contributed by atoms with E-state index in [1.54, 1.807) is 31.5 Å². The number of hydrogen-bond donors (Lipinski definition) is 1. The Balaban J connectivity index is 2.02. The highest BCUT2D eigenvalue weighted by atomic mass is 35.5. The third-order valence-electron chi connectivity index (χ3n) is 3.05. The Morgan fingerprint density at radius 1 is 1.10 bits per heavy atom. The van der Waals surface area contributed by atoms with Gasteiger partial charge in [0.05, 0.1) is 29.0 Å². The molecule has 4 nitrogen and oxygen atoms in total. The molecule has 0 radical (unpaired) electrons. The fourth-order valence-electron chi connectivity index (χ4n) is 2.05. The molecule has 0 saturated carbocycles. The second-order valence-electron chi connectivity index (χ2n) is 4.37. The number of benzene rings is 2. The molecule has 1 aromatic heterocycles. The lowest BCUT2D eigenvalue weighted by Gasteiger charge is -2.11. The number of aromatic nitrogens is 2. The van der Waals surface area contributed by atoms with Gasteiger partial charge in [-0.05, 0) is 24.3 Å². The van der Waals surface area contributed by atoms with Gasteiger partial charge < -0.3 is 10.1 Å². The molecule has 1 N–H and O–H groups in total. The lowest BCUT2D eigenvalue weighted by atomic mass is 10.2. The van der Waals surface area contributed by atoms with E-state index in [0.29, 0.717) is 21.3 Å². The van der Waals surface area contributed by atoms with Crippen molar-refractivity contribution >= 4 is 45.5 Å². The van der Waals surface area contributed by atoms with Gasteiger partial charge in [0, 0.05) is 11.1 Å². The third-order valence-corrected chi connectivity index (χ3v) is 3.65. The molecule has 0 aliphatic carbocycles. The molecular weight excluding hydrogens is 309 g/mol. The van der Waals surface area contributed by atoms with Gasteiger partial charge in [-0.1, -0.05) is 35.3 Å². The van der Waals surface area contributed by atoms with Crippen molar-refractivity contribution in [1.29, 1.82) is 0 Å². The number of ether oxygens (including phenoxy) is 1. The van der Waals surface area contributed by atoms with E-state index in [2.05, 4.69) is 15.5 Å². The number of hydrogen-bond acceptors (Lipinski definition) is 4. The standard InChI is InChI=1S/C15H11Cl2N3O/c1-21-14-6-5-9(7-12(14)17)19-13-8-18-20-15-10(13)3-2-4-11(15)16/h2-8H,1H3,(H,19,20). The van der Waals surface area contributed by atoms with Crippen molar-refractivity contribution in [3.8, 4) is 5.75 Å². The van der Waals surface area contributed by atoms with Gasteiger partial charge in [0.15, 0.2) is 0 Å². The van der Waals surface area contributed by atoms with Gasteiger partial charge in [-0.25, -0.2) is 0 Å². The van der Waals surface area contributed by atoms with Crippen LogP contribution in [0.4, 0.5) is 11.4 Å². The summed E-state index contributed by atoms with van der Waals surface area (Å²) in [6.07, 6.45) is 1.65. The maximum atomic E-state index is 6.13. The van der Waals surface area contributed by atoms with Crippen LogP contribution in [-0.4, -0.2) is 17.3 Å². The van der Waals surface area contributed by atoms with E-state index in [4.69, 9.17) is 27.9 Å². The largest absolute Gasteiger partial charge is 0.495 e. The van der Waals surface area contributed by atoms with E-state index in [0.717, 1.165) is 16.8 Å². The molecule has 6 heteroatoms. The molecule has 106 valence electrons. The minimum Gasteiger partial charge on any atom is -0.495 e. The highest BCUT2D eigenvalue weighted by molar-refractivity contribution is 6.35. The summed E-state index contributed by atoms with van der Waals surface area (Å²) in [5.41, 5.74) is 2.29. The summed E-state index contributed by atoms with van der Waals surface area (Å²) in [6.45, 7) is 0. The van der Waals surface area contributed by atoms with Crippen molar-refractivity contribution in [1.82, 2.24) is 10.2 Å². The zero-order valence-corrected chi connectivity index (χ0v) is 12.6. The van der Waals surface area contributed by atoms with Crippen molar-refractivity contribution in [3.63, 3.8) is 0 Å². The average molecular weight is 320 g/mol. The Labute approximate surface area is 131 Å². The lowest BCUT2D eigenvalue weighted by molar-refractivity contribution is 0.415. The van der Waals surface area contributed by atoms with Crippen molar-refractivity contribution in [3.05, 3.63) is 52.6 Å². The maximum Gasteiger partial charge on any atom is 0.137 e. The zero-order valence-electron chi connectivity index (χ0n) is 11.1. The van der Waals surface area contributed by atoms with Crippen LogP contribution in [0.15, 0.2) is 42.6 Å². The molecule has 2 aromatic carbocycles. The number of nitrogens with zero attached hydrogens (tertiary/aromatic N) is 2. The molecule has 0 bridgehead atoms. The summed E-state index contributed by atoms with van der Waals surface area (Å²) in [5, 5.41) is 13.3. The number of anilines is 2. The minimum absolute atomic E-state index is 0.534. The summed E-state index contributed by atoms with van der Waals surface area (Å²) in [4.78, 5) is 0. The predicted octanol–water partition coefficient (Wildman–Crippen LogP) is 4.69. The van der Waals surface area contributed by atoms with Crippen LogP contribution in [0, 0.1) is 0 Å². The number of halogens is 2. The number of nitrogens with one attached hydrogen (secondary N) is 1. The van der Waals surface area contributed by atoms with Crippen LogP contribution >= 0.6 is 23.2 Å². The maximum absolute atomic E-state index is 6.13. The molecule has 1 heterocycles. The van der Waals surface area contributed by atoms with Gasteiger partial charge >= 0.3 is 0 Å². The fourth-order valence-corrected chi connectivity index (χ4v) is 2.52. The SMILES string of the molecule is COc1ccc(Nc2cnnc3c(Cl)cccc23)cc1Cl. The Hall–Kier alpha value is -2.04. The first-order valence-electron chi connectivity index (χ1n) is 6.19. The first-order valence-corrected chi connectivity index (χ1v) is 6.95. The van der Waals surface area contributed by atoms with E-state index in [1.165, 1.54) is 0 Å². The first kappa shape index (κ1) is 13.9. The van der Waals surface area contributed by atoms with E-state index >= 15 is 0 Å². The molecule has 3 aromatic rings. The predicted molar refractivity (Wildman–Crippen MR) is 85.8 cm³/mol. The highest BCUT2D eigenvalue weighted by Crippen LogP contribution is 2.31. The first-order chi connectivity index (χ1) is 10.2. The van der Waals surface area contributed by atoms with Crippen LogP contribution in [0.1, 0.15) is 0 Å². The van der Waals surface area contributed by atoms with Gasteiger partial charge in [-0.15, -0.1) is 5.10 Å². The number of methoxy groups -OCH3 is 1. The van der Waals surface area contributed by atoms with Gasteiger partial charge in [0.1, 0.15) is 11.3 Å². The van der Waals surface area contributed by atoms with E-state index in [-0.39, 0.29) is 0 Å². The second-order valence-corrected chi connectivity index (χ2v) is 5.18. The lowest BCUT2D eigenvalue weighted by Crippen LogP contribution is -1.95. The molecule has 3 rings (SSSR count). The third kappa shape index (κ3) is 2.73. The summed E-state index contributed by atoms with van der Waals surface area (Å²) in [6, 6.07) is 11.1. The number of fused-ring (bicyclic) bond motifs is 1. The molecule has 0 aliphatic heterocycles. The van der Waals surface area contributed by atoms with Gasteiger partial charge in [-0.2, -0.15) is 5.10 Å². The molecule has 0 aliphatic rings. The Morgan fingerprint density at radius 2 is 1.95 bits per heavy atom. The minimum atomic E-state index is 0.534. The summed E-state index contributed by atoms with van der Waals surface area (Å²) in [5.74, 6) is 0.628. The monoisotopic (exact) mass is 319 g/mol. The normalized spacial score (nSPS) is 10.6. The smallest absolute Gasteiger partial charge is 0.137 e. The average Bonchev–Trinajstić information content (AvgIpc) is 2.49. The van der Waals surface area contributed by atoms with Gasteiger partial charge in [0.25, 0.3) is 0 Å². The molecule has 0 unspecified atom stereocenters. The van der Waals surface area contributed by atoms with E-state index in [1.807, 2.05) is 18.2 Å². The van der Waals surface area contributed by atoms with Crippen LogP contribution in [-0.2, 0) is 0 Å². The molecule has 0 spiro atoms. The summed E-state index contributed by atoms with van der Waals surface area (Å²) < 4.78 is 5.14. The molecule has 0 saturated heterocycles. The highest BCUT2D eigenvalue weighted by Gasteiger charge is 2.07. The Kier molecular flexibility index (Phi) is 3.82. The van der Waals surface area contributed by atoms with Crippen LogP contribution in [0.2, 0.25) is 10.0 Å². The van der Waals surface area contributed by atoms with Crippen LogP contribution < -0.4 is 10.1 Å². The summed E-state index contributed by atoms with van der Waals surface area (Å²) in [7, 11) is 1.58. The van der Waals surface area contributed by atoms with Crippen molar-refractivity contribution in [2.75, 3.05) is 12.4 Å². The van der Waals surface area contributed by atoms with Crippen molar-refractivity contribution in [2.45, 2.75) is 0 Å². The molecule has 0 atom stereocenters.